The summed E-state index contributed by atoms with van der Waals surface area (Å²) >= 11 is 0. The first-order chi connectivity index (χ1) is 8.33. The number of rotatable bonds is 3. The molecule has 0 heterocycles. The van der Waals surface area contributed by atoms with E-state index >= 15 is 0 Å². The van der Waals surface area contributed by atoms with Crippen molar-refractivity contribution in [1.29, 1.82) is 0 Å². The molecule has 0 saturated heterocycles. The quantitative estimate of drug-likeness (QED) is 0.362. The molecule has 0 aliphatic heterocycles. The molecular weight excluding hydrogens is 214 g/mol. The maximum absolute atomic E-state index is 5.55. The molecule has 4 nitrogen and oxygen atoms in total. The van der Waals surface area contributed by atoms with Crippen molar-refractivity contribution in [2.45, 2.75) is 31.7 Å². The van der Waals surface area contributed by atoms with Crippen molar-refractivity contribution in [2.24, 2.45) is 10.8 Å². The minimum absolute atomic E-state index is 0.409. The zero-order valence-corrected chi connectivity index (χ0v) is 10.1. The van der Waals surface area contributed by atoms with Gasteiger partial charge in [-0.15, -0.1) is 0 Å². The predicted molar refractivity (Wildman–Crippen MR) is 69.1 cm³/mol. The first-order valence-electron chi connectivity index (χ1n) is 6.02. The molecule has 0 spiro atoms. The van der Waals surface area contributed by atoms with Crippen molar-refractivity contribution < 1.29 is 4.74 Å². The lowest BCUT2D eigenvalue weighted by Crippen LogP contribution is -2.32. The van der Waals surface area contributed by atoms with Gasteiger partial charge in [0.1, 0.15) is 11.6 Å². The molecule has 17 heavy (non-hydrogen) atoms. The van der Waals surface area contributed by atoms with E-state index in [4.69, 9.17) is 10.6 Å². The van der Waals surface area contributed by atoms with E-state index in [9.17, 15) is 0 Å². The molecule has 2 rings (SSSR count). The lowest BCUT2D eigenvalue weighted by molar-refractivity contribution is 0.414. The second-order valence-corrected chi connectivity index (χ2v) is 4.29. The predicted octanol–water partition coefficient (Wildman–Crippen LogP) is 1.85. The highest BCUT2D eigenvalue weighted by molar-refractivity contribution is 5.98. The van der Waals surface area contributed by atoms with E-state index < -0.39 is 0 Å². The van der Waals surface area contributed by atoms with Crippen molar-refractivity contribution in [3.63, 3.8) is 0 Å². The van der Waals surface area contributed by atoms with Gasteiger partial charge in [-0.05, 0) is 25.0 Å². The van der Waals surface area contributed by atoms with Crippen LogP contribution in [0, 0.1) is 0 Å². The SMILES string of the molecule is COc1cccc(C(=NC2CCCC2)NN)c1. The average molecular weight is 233 g/mol. The molecule has 4 heteroatoms. The number of hydrazine groups is 1. The normalized spacial score (nSPS) is 17.2. The maximum Gasteiger partial charge on any atom is 0.142 e. The monoisotopic (exact) mass is 233 g/mol. The van der Waals surface area contributed by atoms with Crippen molar-refractivity contribution in [3.05, 3.63) is 29.8 Å². The van der Waals surface area contributed by atoms with Gasteiger partial charge in [0.15, 0.2) is 0 Å². The van der Waals surface area contributed by atoms with Crippen molar-refractivity contribution in [1.82, 2.24) is 5.43 Å². The number of benzene rings is 1. The Bertz CT molecular complexity index is 397. The minimum Gasteiger partial charge on any atom is -0.497 e. The Hall–Kier alpha value is -1.55. The topological polar surface area (TPSA) is 59.6 Å². The molecule has 1 aromatic carbocycles. The number of hydrogen-bond acceptors (Lipinski definition) is 3. The van der Waals surface area contributed by atoms with Crippen LogP contribution in [0.1, 0.15) is 31.2 Å². The lowest BCUT2D eigenvalue weighted by Gasteiger charge is -2.10. The summed E-state index contributed by atoms with van der Waals surface area (Å²) in [6.07, 6.45) is 4.86. The fraction of sp³-hybridized carbons (Fsp3) is 0.462. The molecule has 0 unspecified atom stereocenters. The number of methoxy groups -OCH3 is 1. The number of nitrogens with one attached hydrogen (secondary N) is 1. The van der Waals surface area contributed by atoms with E-state index in [1.807, 2.05) is 24.3 Å². The highest BCUT2D eigenvalue weighted by Crippen LogP contribution is 2.22. The van der Waals surface area contributed by atoms with E-state index in [-0.39, 0.29) is 0 Å². The molecule has 92 valence electrons. The highest BCUT2D eigenvalue weighted by Gasteiger charge is 2.15. The van der Waals surface area contributed by atoms with Gasteiger partial charge in [0.05, 0.1) is 13.2 Å². The van der Waals surface area contributed by atoms with Gasteiger partial charge >= 0.3 is 0 Å². The Labute approximate surface area is 102 Å². The summed E-state index contributed by atoms with van der Waals surface area (Å²) in [6.45, 7) is 0. The fourth-order valence-corrected chi connectivity index (χ4v) is 2.18. The van der Waals surface area contributed by atoms with E-state index in [0.29, 0.717) is 6.04 Å². The molecule has 0 radical (unpaired) electrons. The summed E-state index contributed by atoms with van der Waals surface area (Å²) in [7, 11) is 1.66. The van der Waals surface area contributed by atoms with Crippen molar-refractivity contribution in [3.8, 4) is 5.75 Å². The highest BCUT2D eigenvalue weighted by atomic mass is 16.5. The van der Waals surface area contributed by atoms with E-state index in [2.05, 4.69) is 10.4 Å². The van der Waals surface area contributed by atoms with Crippen LogP contribution >= 0.6 is 0 Å². The van der Waals surface area contributed by atoms with Gasteiger partial charge in [-0.3, -0.25) is 4.99 Å². The molecule has 0 aromatic heterocycles. The van der Waals surface area contributed by atoms with Crippen molar-refractivity contribution in [2.75, 3.05) is 7.11 Å². The summed E-state index contributed by atoms with van der Waals surface area (Å²) < 4.78 is 5.20. The largest absolute Gasteiger partial charge is 0.497 e. The van der Waals surface area contributed by atoms with Gasteiger partial charge < -0.3 is 10.2 Å². The summed E-state index contributed by atoms with van der Waals surface area (Å²) in [5.41, 5.74) is 3.66. The number of nitrogens with zero attached hydrogens (tertiary/aromatic N) is 1. The van der Waals surface area contributed by atoms with Gasteiger partial charge in [0, 0.05) is 5.56 Å². The summed E-state index contributed by atoms with van der Waals surface area (Å²) in [4.78, 5) is 4.66. The van der Waals surface area contributed by atoms with Crippen molar-refractivity contribution >= 4 is 5.84 Å². The van der Waals surface area contributed by atoms with Gasteiger partial charge in [-0.25, -0.2) is 5.84 Å². The average Bonchev–Trinajstić information content (AvgIpc) is 2.89. The number of nitrogens with two attached hydrogens (primary N) is 1. The van der Waals surface area contributed by atoms with Gasteiger partial charge in [0.25, 0.3) is 0 Å². The smallest absolute Gasteiger partial charge is 0.142 e. The van der Waals surface area contributed by atoms with Gasteiger partial charge in [-0.1, -0.05) is 25.0 Å². The van der Waals surface area contributed by atoms with Crippen LogP contribution in [0.25, 0.3) is 0 Å². The first kappa shape index (κ1) is 11.9. The van der Waals surface area contributed by atoms with Crippen LogP contribution in [0.4, 0.5) is 0 Å². The molecule has 1 aliphatic rings. The van der Waals surface area contributed by atoms with Crippen LogP contribution in [0.3, 0.4) is 0 Å². The molecule has 0 bridgehead atoms. The fourth-order valence-electron chi connectivity index (χ4n) is 2.18. The van der Waals surface area contributed by atoms with Crippen LogP contribution < -0.4 is 16.0 Å². The Morgan fingerprint density at radius 1 is 1.41 bits per heavy atom. The molecule has 1 aliphatic carbocycles. The molecule has 0 amide bonds. The first-order valence-corrected chi connectivity index (χ1v) is 6.02. The van der Waals surface area contributed by atoms with Crippen LogP contribution in [-0.2, 0) is 0 Å². The number of hydrogen-bond donors (Lipinski definition) is 2. The zero-order valence-electron chi connectivity index (χ0n) is 10.1. The number of amidine groups is 1. The number of ether oxygens (including phenoxy) is 1. The maximum atomic E-state index is 5.55. The van der Waals surface area contributed by atoms with Crippen LogP contribution in [0.15, 0.2) is 29.3 Å². The Kier molecular flexibility index (Phi) is 3.98. The van der Waals surface area contributed by atoms with E-state index in [0.717, 1.165) is 30.0 Å². The molecule has 1 saturated carbocycles. The minimum atomic E-state index is 0.409. The van der Waals surface area contributed by atoms with Crippen LogP contribution in [-0.4, -0.2) is 19.0 Å². The molecular formula is C13H19N3O. The summed E-state index contributed by atoms with van der Waals surface area (Å²) in [6, 6.07) is 8.18. The van der Waals surface area contributed by atoms with Gasteiger partial charge in [0.2, 0.25) is 0 Å². The third kappa shape index (κ3) is 2.97. The summed E-state index contributed by atoms with van der Waals surface area (Å²) in [5, 5.41) is 0. The summed E-state index contributed by atoms with van der Waals surface area (Å²) in [5.74, 6) is 7.12. The molecule has 1 fully saturated rings. The molecule has 0 atom stereocenters. The van der Waals surface area contributed by atoms with Crippen LogP contribution in [0.5, 0.6) is 5.75 Å². The number of aliphatic imine (C=N–C) groups is 1. The standard InChI is InChI=1S/C13H19N3O/c1-17-12-8-4-5-10(9-12)13(16-14)15-11-6-2-3-7-11/h4-5,8-9,11H,2-3,6-7,14H2,1H3,(H,15,16). The third-order valence-corrected chi connectivity index (χ3v) is 3.12. The Morgan fingerprint density at radius 3 is 2.82 bits per heavy atom. The van der Waals surface area contributed by atoms with Crippen LogP contribution in [0.2, 0.25) is 0 Å². The molecule has 3 N–H and O–H groups in total. The van der Waals surface area contributed by atoms with E-state index in [1.54, 1.807) is 7.11 Å². The Morgan fingerprint density at radius 2 is 2.18 bits per heavy atom. The second kappa shape index (κ2) is 5.68. The lowest BCUT2D eigenvalue weighted by atomic mass is 10.2. The molecule has 1 aromatic rings. The third-order valence-electron chi connectivity index (χ3n) is 3.12. The zero-order chi connectivity index (χ0) is 12.1. The van der Waals surface area contributed by atoms with Gasteiger partial charge in [-0.2, -0.15) is 0 Å². The Balaban J connectivity index is 2.21. The second-order valence-electron chi connectivity index (χ2n) is 4.29. The van der Waals surface area contributed by atoms with E-state index in [1.165, 1.54) is 12.8 Å².